The molecule has 0 N–H and O–H groups in total. The van der Waals surface area contributed by atoms with Crippen molar-refractivity contribution in [1.29, 1.82) is 0 Å². The molecule has 0 radical (unpaired) electrons. The number of aryl methyl sites for hydroxylation is 2. The lowest BCUT2D eigenvalue weighted by molar-refractivity contribution is 0.0984. The van der Waals surface area contributed by atoms with Crippen molar-refractivity contribution in [2.24, 2.45) is 0 Å². The minimum Gasteiger partial charge on any atom is -0.454 e. The molecule has 0 fully saturated rings. The average Bonchev–Trinajstić information content (AvgIpc) is 3.38. The topological polar surface area (TPSA) is 51.7 Å². The molecule has 0 bridgehead atoms. The monoisotopic (exact) mass is 416 g/mol. The van der Waals surface area contributed by atoms with Gasteiger partial charge in [0.2, 0.25) is 6.79 Å². The van der Waals surface area contributed by atoms with Crippen molar-refractivity contribution in [2.45, 2.75) is 20.4 Å². The van der Waals surface area contributed by atoms with Gasteiger partial charge in [-0.05, 0) is 54.8 Å². The Morgan fingerprint density at radius 1 is 1.03 bits per heavy atom. The number of hydrogen-bond donors (Lipinski definition) is 0. The zero-order valence-electron chi connectivity index (χ0n) is 16.7. The Kier molecular flexibility index (Phi) is 4.64. The van der Waals surface area contributed by atoms with Gasteiger partial charge in [-0.1, -0.05) is 47.7 Å². The molecule has 0 aliphatic carbocycles. The van der Waals surface area contributed by atoms with Gasteiger partial charge in [0.05, 0.1) is 16.8 Å². The SMILES string of the molecule is Cc1cc(C)c2sc(N(Cc3ccccc3)C(=O)c3ccc4c(c3)OCO4)nc2c1. The van der Waals surface area contributed by atoms with E-state index in [4.69, 9.17) is 14.5 Å². The third-order valence-corrected chi connectivity index (χ3v) is 6.32. The Morgan fingerprint density at radius 2 is 1.83 bits per heavy atom. The highest BCUT2D eigenvalue weighted by atomic mass is 32.1. The van der Waals surface area contributed by atoms with Crippen LogP contribution < -0.4 is 14.4 Å². The van der Waals surface area contributed by atoms with E-state index < -0.39 is 0 Å². The predicted molar refractivity (Wildman–Crippen MR) is 119 cm³/mol. The fourth-order valence-corrected chi connectivity index (χ4v) is 4.67. The van der Waals surface area contributed by atoms with Crippen LogP contribution >= 0.6 is 11.3 Å². The number of amides is 1. The highest BCUT2D eigenvalue weighted by Crippen LogP contribution is 2.36. The number of thiazole rings is 1. The van der Waals surface area contributed by atoms with Crippen LogP contribution in [-0.4, -0.2) is 17.7 Å². The number of benzene rings is 3. The van der Waals surface area contributed by atoms with E-state index in [1.165, 1.54) is 5.56 Å². The minimum atomic E-state index is -0.120. The second-order valence-electron chi connectivity index (χ2n) is 7.37. The van der Waals surface area contributed by atoms with E-state index in [0.29, 0.717) is 28.7 Å². The predicted octanol–water partition coefficient (Wildman–Crippen LogP) is 5.49. The van der Waals surface area contributed by atoms with Crippen molar-refractivity contribution in [1.82, 2.24) is 4.98 Å². The lowest BCUT2D eigenvalue weighted by Crippen LogP contribution is -2.30. The molecule has 1 aliphatic heterocycles. The molecule has 150 valence electrons. The highest BCUT2D eigenvalue weighted by Gasteiger charge is 2.24. The highest BCUT2D eigenvalue weighted by molar-refractivity contribution is 7.22. The molecule has 0 spiro atoms. The van der Waals surface area contributed by atoms with E-state index in [2.05, 4.69) is 26.0 Å². The smallest absolute Gasteiger partial charge is 0.260 e. The number of anilines is 1. The van der Waals surface area contributed by atoms with Crippen molar-refractivity contribution in [3.8, 4) is 11.5 Å². The number of carbonyl (C=O) groups excluding carboxylic acids is 1. The van der Waals surface area contributed by atoms with Crippen LogP contribution in [-0.2, 0) is 6.54 Å². The van der Waals surface area contributed by atoms with Crippen LogP contribution in [0.2, 0.25) is 0 Å². The van der Waals surface area contributed by atoms with E-state index >= 15 is 0 Å². The largest absolute Gasteiger partial charge is 0.454 e. The summed E-state index contributed by atoms with van der Waals surface area (Å²) >= 11 is 1.55. The van der Waals surface area contributed by atoms with Crippen LogP contribution in [0, 0.1) is 13.8 Å². The van der Waals surface area contributed by atoms with E-state index in [0.717, 1.165) is 21.3 Å². The number of nitrogens with zero attached hydrogens (tertiary/aromatic N) is 2. The van der Waals surface area contributed by atoms with E-state index in [1.807, 2.05) is 30.3 Å². The number of carbonyl (C=O) groups is 1. The van der Waals surface area contributed by atoms with Crippen molar-refractivity contribution < 1.29 is 14.3 Å². The summed E-state index contributed by atoms with van der Waals surface area (Å²) in [6.45, 7) is 4.76. The molecule has 1 aromatic heterocycles. The van der Waals surface area contributed by atoms with Crippen LogP contribution in [0.15, 0.2) is 60.7 Å². The first kappa shape index (κ1) is 18.6. The van der Waals surface area contributed by atoms with Crippen molar-refractivity contribution >= 4 is 32.6 Å². The maximum absolute atomic E-state index is 13.6. The normalized spacial score (nSPS) is 12.3. The lowest BCUT2D eigenvalue weighted by Gasteiger charge is -2.20. The van der Waals surface area contributed by atoms with Crippen LogP contribution in [0.3, 0.4) is 0 Å². The third-order valence-electron chi connectivity index (χ3n) is 5.09. The number of aromatic nitrogens is 1. The summed E-state index contributed by atoms with van der Waals surface area (Å²) in [5.41, 5.74) is 4.84. The summed E-state index contributed by atoms with van der Waals surface area (Å²) in [5.74, 6) is 1.13. The first-order valence-electron chi connectivity index (χ1n) is 9.72. The number of rotatable bonds is 4. The van der Waals surface area contributed by atoms with Gasteiger partial charge in [-0.25, -0.2) is 4.98 Å². The summed E-state index contributed by atoms with van der Waals surface area (Å²) in [5, 5.41) is 0.685. The van der Waals surface area contributed by atoms with E-state index in [-0.39, 0.29) is 12.7 Å². The third kappa shape index (κ3) is 3.39. The van der Waals surface area contributed by atoms with Gasteiger partial charge in [0.1, 0.15) is 0 Å². The molecule has 6 heteroatoms. The van der Waals surface area contributed by atoms with Crippen LogP contribution in [0.4, 0.5) is 5.13 Å². The Bertz CT molecular complexity index is 1250. The van der Waals surface area contributed by atoms with Gasteiger partial charge in [-0.15, -0.1) is 0 Å². The van der Waals surface area contributed by atoms with Crippen LogP contribution in [0.1, 0.15) is 27.0 Å². The molecule has 0 saturated carbocycles. The molecule has 5 rings (SSSR count). The molecule has 4 aromatic rings. The molecule has 3 aromatic carbocycles. The molecule has 1 aliphatic rings. The maximum Gasteiger partial charge on any atom is 0.260 e. The summed E-state index contributed by atoms with van der Waals surface area (Å²) in [7, 11) is 0. The second-order valence-corrected chi connectivity index (χ2v) is 8.35. The molecule has 5 nitrogen and oxygen atoms in total. The molecule has 30 heavy (non-hydrogen) atoms. The molecule has 0 atom stereocenters. The fraction of sp³-hybridized carbons (Fsp3) is 0.167. The molecular formula is C24H20N2O3S. The summed E-state index contributed by atoms with van der Waals surface area (Å²) in [4.78, 5) is 20.1. The first-order valence-corrected chi connectivity index (χ1v) is 10.5. The molecule has 2 heterocycles. The minimum absolute atomic E-state index is 0.120. The van der Waals surface area contributed by atoms with Gasteiger partial charge in [-0.2, -0.15) is 0 Å². The van der Waals surface area contributed by atoms with Crippen LogP contribution in [0.5, 0.6) is 11.5 Å². The summed E-state index contributed by atoms with van der Waals surface area (Å²) in [6.07, 6.45) is 0. The number of ether oxygens (including phenoxy) is 2. The average molecular weight is 417 g/mol. The van der Waals surface area contributed by atoms with Crippen molar-refractivity contribution in [3.05, 3.63) is 82.9 Å². The van der Waals surface area contributed by atoms with Gasteiger partial charge in [0.15, 0.2) is 16.6 Å². The van der Waals surface area contributed by atoms with Crippen molar-refractivity contribution in [3.63, 3.8) is 0 Å². The summed E-state index contributed by atoms with van der Waals surface area (Å²) < 4.78 is 11.9. The van der Waals surface area contributed by atoms with Gasteiger partial charge < -0.3 is 9.47 Å². The molecule has 1 amide bonds. The van der Waals surface area contributed by atoms with Gasteiger partial charge in [0.25, 0.3) is 5.91 Å². The van der Waals surface area contributed by atoms with Gasteiger partial charge in [0, 0.05) is 5.56 Å². The lowest BCUT2D eigenvalue weighted by atomic mass is 10.1. The molecule has 0 unspecified atom stereocenters. The maximum atomic E-state index is 13.6. The zero-order chi connectivity index (χ0) is 20.7. The van der Waals surface area contributed by atoms with E-state index in [9.17, 15) is 4.79 Å². The Morgan fingerprint density at radius 3 is 2.67 bits per heavy atom. The standard InChI is InChI=1S/C24H20N2O3S/c1-15-10-16(2)22-19(11-15)25-24(30-22)26(13-17-6-4-3-5-7-17)23(27)18-8-9-20-21(12-18)29-14-28-20/h3-12H,13-14H2,1-2H3. The Labute approximate surface area is 178 Å². The number of hydrogen-bond acceptors (Lipinski definition) is 5. The fourth-order valence-electron chi connectivity index (χ4n) is 3.66. The first-order chi connectivity index (χ1) is 14.6. The van der Waals surface area contributed by atoms with Gasteiger partial charge in [-0.3, -0.25) is 9.69 Å². The Balaban J connectivity index is 1.58. The van der Waals surface area contributed by atoms with Crippen LogP contribution in [0.25, 0.3) is 10.2 Å². The molecular weight excluding hydrogens is 396 g/mol. The van der Waals surface area contributed by atoms with E-state index in [1.54, 1.807) is 34.4 Å². The Hall–Kier alpha value is -3.38. The summed E-state index contributed by atoms with van der Waals surface area (Å²) in [6, 6.07) is 19.5. The quantitative estimate of drug-likeness (QED) is 0.441. The zero-order valence-corrected chi connectivity index (χ0v) is 17.5. The number of fused-ring (bicyclic) bond motifs is 2. The molecule has 0 saturated heterocycles. The van der Waals surface area contributed by atoms with Crippen molar-refractivity contribution in [2.75, 3.05) is 11.7 Å². The van der Waals surface area contributed by atoms with Gasteiger partial charge >= 0.3 is 0 Å². The second kappa shape index (κ2) is 7.46.